The van der Waals surface area contributed by atoms with Crippen LogP contribution in [0.25, 0.3) is 0 Å². The smallest absolute Gasteiger partial charge is 0.163 e. The molecule has 1 saturated carbocycles. The maximum Gasteiger partial charge on any atom is 0.163 e. The van der Waals surface area contributed by atoms with E-state index in [1.54, 1.807) is 0 Å². The van der Waals surface area contributed by atoms with Crippen LogP contribution in [-0.2, 0) is 9.47 Å². The molecule has 3 nitrogen and oxygen atoms in total. The highest BCUT2D eigenvalue weighted by atomic mass is 16.7. The second kappa shape index (κ2) is 8.55. The molecule has 2 fully saturated rings. The quantitative estimate of drug-likeness (QED) is 0.638. The molecule has 0 bridgehead atoms. The zero-order valence-electron chi connectivity index (χ0n) is 14.3. The molecule has 1 heterocycles. The summed E-state index contributed by atoms with van der Waals surface area (Å²) in [4.78, 5) is 0. The van der Waals surface area contributed by atoms with Gasteiger partial charge in [-0.15, -0.1) is 0 Å². The molecule has 2 rings (SSSR count). The molecule has 1 N–H and O–H groups in total. The van der Waals surface area contributed by atoms with Gasteiger partial charge in [-0.25, -0.2) is 0 Å². The van der Waals surface area contributed by atoms with E-state index < -0.39 is 11.9 Å². The van der Waals surface area contributed by atoms with E-state index in [0.29, 0.717) is 6.42 Å². The Morgan fingerprint density at radius 1 is 1.17 bits per heavy atom. The minimum absolute atomic E-state index is 0.00514. The molecule has 3 heteroatoms. The molecular weight excluding hydrogens is 288 g/mol. The largest absolute Gasteiger partial charge is 0.377 e. The summed E-state index contributed by atoms with van der Waals surface area (Å²) >= 11 is 0. The molecule has 0 radical (unpaired) electrons. The Balaban J connectivity index is 1.90. The van der Waals surface area contributed by atoms with E-state index in [2.05, 4.69) is 30.3 Å². The van der Waals surface area contributed by atoms with Gasteiger partial charge in [0.1, 0.15) is 6.10 Å². The van der Waals surface area contributed by atoms with E-state index in [0.717, 1.165) is 12.3 Å². The normalized spacial score (nSPS) is 28.1. The summed E-state index contributed by atoms with van der Waals surface area (Å²) in [5, 5.41) is 9.26. The van der Waals surface area contributed by atoms with Crippen molar-refractivity contribution in [3.8, 4) is 23.7 Å². The summed E-state index contributed by atoms with van der Waals surface area (Å²) in [5.74, 6) is 11.3. The third-order valence-electron chi connectivity index (χ3n) is 4.47. The van der Waals surface area contributed by atoms with Gasteiger partial charge in [-0.2, -0.15) is 0 Å². The molecule has 0 spiro atoms. The first kappa shape index (κ1) is 18.1. The van der Waals surface area contributed by atoms with Gasteiger partial charge in [0.05, 0.1) is 12.2 Å². The van der Waals surface area contributed by atoms with Gasteiger partial charge in [-0.05, 0) is 38.0 Å². The molecule has 1 aliphatic carbocycles. The van der Waals surface area contributed by atoms with Crippen molar-refractivity contribution < 1.29 is 14.6 Å². The monoisotopic (exact) mass is 316 g/mol. The highest BCUT2D eigenvalue weighted by molar-refractivity contribution is 5.28. The van der Waals surface area contributed by atoms with Gasteiger partial charge in [0.2, 0.25) is 0 Å². The Labute approximate surface area is 140 Å². The van der Waals surface area contributed by atoms with Gasteiger partial charge < -0.3 is 14.6 Å². The van der Waals surface area contributed by atoms with E-state index >= 15 is 0 Å². The average molecular weight is 316 g/mol. The Hall–Kier alpha value is -1.26. The van der Waals surface area contributed by atoms with Crippen LogP contribution < -0.4 is 0 Å². The van der Waals surface area contributed by atoms with Crippen molar-refractivity contribution in [2.75, 3.05) is 0 Å². The summed E-state index contributed by atoms with van der Waals surface area (Å²) in [6.45, 7) is 7.40. The minimum Gasteiger partial charge on any atom is -0.377 e. The van der Waals surface area contributed by atoms with Crippen molar-refractivity contribution >= 4 is 0 Å². The van der Waals surface area contributed by atoms with Crippen molar-refractivity contribution in [1.29, 1.82) is 0 Å². The fraction of sp³-hybridized carbons (Fsp3) is 0.700. The van der Waals surface area contributed by atoms with Crippen molar-refractivity contribution in [3.05, 3.63) is 12.7 Å². The SMILES string of the molecule is C=CC(O)C#CC#CCC1OC(C)(C)OC1CC1CCCCC1. The molecule has 0 aromatic carbocycles. The number of rotatable bonds is 4. The lowest BCUT2D eigenvalue weighted by molar-refractivity contribution is -0.147. The minimum atomic E-state index is -0.812. The Morgan fingerprint density at radius 3 is 2.57 bits per heavy atom. The van der Waals surface area contributed by atoms with E-state index in [1.165, 1.54) is 38.2 Å². The highest BCUT2D eigenvalue weighted by Crippen LogP contribution is 2.36. The molecule has 0 amide bonds. The lowest BCUT2D eigenvalue weighted by atomic mass is 9.84. The molecule has 2 aliphatic rings. The molecule has 1 aliphatic heterocycles. The highest BCUT2D eigenvalue weighted by Gasteiger charge is 2.41. The summed E-state index contributed by atoms with van der Waals surface area (Å²) in [6.07, 6.45) is 9.04. The number of aliphatic hydroxyl groups is 1. The van der Waals surface area contributed by atoms with Gasteiger partial charge in [-0.3, -0.25) is 0 Å². The van der Waals surface area contributed by atoms with E-state index in [4.69, 9.17) is 9.47 Å². The van der Waals surface area contributed by atoms with Crippen LogP contribution in [0.5, 0.6) is 0 Å². The van der Waals surface area contributed by atoms with Gasteiger partial charge in [0.25, 0.3) is 0 Å². The fourth-order valence-corrected chi connectivity index (χ4v) is 3.40. The van der Waals surface area contributed by atoms with E-state index in [-0.39, 0.29) is 12.2 Å². The molecule has 1 saturated heterocycles. The van der Waals surface area contributed by atoms with Crippen molar-refractivity contribution in [3.63, 3.8) is 0 Å². The van der Waals surface area contributed by atoms with Crippen molar-refractivity contribution in [2.24, 2.45) is 5.92 Å². The first-order chi connectivity index (χ1) is 11.0. The Morgan fingerprint density at radius 2 is 1.87 bits per heavy atom. The second-order valence-electron chi connectivity index (χ2n) is 6.91. The van der Waals surface area contributed by atoms with Gasteiger partial charge in [0.15, 0.2) is 5.79 Å². The van der Waals surface area contributed by atoms with Crippen LogP contribution in [0.1, 0.15) is 58.8 Å². The van der Waals surface area contributed by atoms with Gasteiger partial charge in [-0.1, -0.05) is 56.6 Å². The molecule has 126 valence electrons. The van der Waals surface area contributed by atoms with E-state index in [1.807, 2.05) is 13.8 Å². The van der Waals surface area contributed by atoms with Crippen LogP contribution in [0, 0.1) is 29.6 Å². The first-order valence-corrected chi connectivity index (χ1v) is 8.65. The van der Waals surface area contributed by atoms with Crippen molar-refractivity contribution in [1.82, 2.24) is 0 Å². The van der Waals surface area contributed by atoms with Crippen LogP contribution in [0.3, 0.4) is 0 Å². The fourth-order valence-electron chi connectivity index (χ4n) is 3.40. The zero-order chi connectivity index (χ0) is 16.7. The maximum absolute atomic E-state index is 9.26. The standard InChI is InChI=1S/C20H28O3/c1-4-17(21)13-9-6-10-14-18-19(23-20(2,3)22-18)15-16-11-7-5-8-12-16/h4,16-19,21H,1,5,7-8,11-12,14-15H2,2-3H3. The second-order valence-corrected chi connectivity index (χ2v) is 6.91. The molecule has 23 heavy (non-hydrogen) atoms. The number of ether oxygens (including phenoxy) is 2. The molecule has 0 aromatic heterocycles. The Kier molecular flexibility index (Phi) is 6.72. The Bertz CT molecular complexity index is 508. The molecular formula is C20H28O3. The third-order valence-corrected chi connectivity index (χ3v) is 4.47. The summed E-state index contributed by atoms with van der Waals surface area (Å²) in [7, 11) is 0. The van der Waals surface area contributed by atoms with Crippen LogP contribution in [-0.4, -0.2) is 29.2 Å². The average Bonchev–Trinajstić information content (AvgIpc) is 2.81. The summed E-state index contributed by atoms with van der Waals surface area (Å²) in [6, 6.07) is 0. The van der Waals surface area contributed by atoms with Crippen LogP contribution in [0.2, 0.25) is 0 Å². The number of hydrogen-bond acceptors (Lipinski definition) is 3. The lowest BCUT2D eigenvalue weighted by Gasteiger charge is -2.25. The first-order valence-electron chi connectivity index (χ1n) is 8.65. The summed E-state index contributed by atoms with van der Waals surface area (Å²) in [5.41, 5.74) is 0. The number of hydrogen-bond donors (Lipinski definition) is 1. The molecule has 3 atom stereocenters. The predicted octanol–water partition coefficient (Wildman–Crippen LogP) is 3.42. The topological polar surface area (TPSA) is 38.7 Å². The van der Waals surface area contributed by atoms with Gasteiger partial charge >= 0.3 is 0 Å². The zero-order valence-corrected chi connectivity index (χ0v) is 14.3. The third kappa shape index (κ3) is 6.04. The van der Waals surface area contributed by atoms with Crippen LogP contribution in [0.4, 0.5) is 0 Å². The summed E-state index contributed by atoms with van der Waals surface area (Å²) < 4.78 is 12.1. The predicted molar refractivity (Wildman–Crippen MR) is 91.4 cm³/mol. The lowest BCUT2D eigenvalue weighted by Crippen LogP contribution is -2.26. The molecule has 0 aromatic rings. The van der Waals surface area contributed by atoms with Crippen molar-refractivity contribution in [2.45, 2.75) is 82.9 Å². The van der Waals surface area contributed by atoms with Crippen LogP contribution in [0.15, 0.2) is 12.7 Å². The van der Waals surface area contributed by atoms with Gasteiger partial charge in [0, 0.05) is 6.42 Å². The molecule has 3 unspecified atom stereocenters. The maximum atomic E-state index is 9.26. The number of aliphatic hydroxyl groups excluding tert-OH is 1. The van der Waals surface area contributed by atoms with Crippen LogP contribution >= 0.6 is 0 Å². The van der Waals surface area contributed by atoms with E-state index in [9.17, 15) is 5.11 Å².